The van der Waals surface area contributed by atoms with E-state index in [1.807, 2.05) is 18.2 Å². The van der Waals surface area contributed by atoms with Crippen molar-refractivity contribution in [3.8, 4) is 5.69 Å². The minimum atomic E-state index is 0.983. The van der Waals surface area contributed by atoms with Crippen LogP contribution in [0.2, 0.25) is 0 Å². The number of hydrogen-bond donors (Lipinski definition) is 0. The summed E-state index contributed by atoms with van der Waals surface area (Å²) in [6, 6.07) is 12.5. The summed E-state index contributed by atoms with van der Waals surface area (Å²) in [5.74, 6) is 0. The minimum Gasteiger partial charge on any atom is -0.289 e. The summed E-state index contributed by atoms with van der Waals surface area (Å²) < 4.78 is 2.05. The normalized spacial score (nSPS) is 11.1. The number of aromatic nitrogens is 2. The molecule has 1 aromatic heterocycles. The quantitative estimate of drug-likeness (QED) is 0.628. The highest BCUT2D eigenvalue weighted by molar-refractivity contribution is 5.77. The van der Waals surface area contributed by atoms with Crippen molar-refractivity contribution in [2.24, 2.45) is 0 Å². The molecule has 0 aliphatic rings. The fourth-order valence-corrected chi connectivity index (χ4v) is 2.60. The van der Waals surface area contributed by atoms with E-state index < -0.39 is 0 Å². The number of benzene rings is 2. The van der Waals surface area contributed by atoms with Crippen LogP contribution in [-0.4, -0.2) is 9.55 Å². The molecule has 0 unspecified atom stereocenters. The topological polar surface area (TPSA) is 17.8 Å². The van der Waals surface area contributed by atoms with Gasteiger partial charge in [0.1, 0.15) is 0 Å². The SMILES string of the molecule is Cc1cc(C)c(-n2[c]nc3ccccc32)c(C)c1. The van der Waals surface area contributed by atoms with Crippen LogP contribution >= 0.6 is 0 Å². The number of nitrogens with zero attached hydrogens (tertiary/aromatic N) is 2. The van der Waals surface area contributed by atoms with Gasteiger partial charge < -0.3 is 0 Å². The zero-order valence-electron chi connectivity index (χ0n) is 10.9. The van der Waals surface area contributed by atoms with Crippen molar-refractivity contribution >= 4 is 11.0 Å². The maximum atomic E-state index is 4.34. The van der Waals surface area contributed by atoms with Crippen LogP contribution in [0.15, 0.2) is 36.4 Å². The molecule has 0 saturated heterocycles. The Morgan fingerprint density at radius 3 is 2.39 bits per heavy atom. The lowest BCUT2D eigenvalue weighted by molar-refractivity contribution is 1.04. The molecule has 2 heteroatoms. The largest absolute Gasteiger partial charge is 0.289 e. The van der Waals surface area contributed by atoms with Crippen molar-refractivity contribution < 1.29 is 0 Å². The average molecular weight is 235 g/mol. The number of imidazole rings is 1. The lowest BCUT2D eigenvalue weighted by Gasteiger charge is -2.12. The predicted octanol–water partition coefficient (Wildman–Crippen LogP) is 3.75. The Morgan fingerprint density at radius 1 is 1.00 bits per heavy atom. The molecule has 3 rings (SSSR count). The van der Waals surface area contributed by atoms with Gasteiger partial charge in [0.25, 0.3) is 0 Å². The summed E-state index contributed by atoms with van der Waals surface area (Å²) in [5.41, 5.74) is 7.08. The number of aryl methyl sites for hydroxylation is 3. The molecule has 0 bridgehead atoms. The molecule has 0 aliphatic carbocycles. The van der Waals surface area contributed by atoms with Crippen molar-refractivity contribution in [3.05, 3.63) is 59.4 Å². The number of para-hydroxylation sites is 2. The lowest BCUT2D eigenvalue weighted by atomic mass is 10.0. The number of fused-ring (bicyclic) bond motifs is 1. The van der Waals surface area contributed by atoms with Gasteiger partial charge in [0.15, 0.2) is 6.33 Å². The van der Waals surface area contributed by atoms with Gasteiger partial charge in [-0.3, -0.25) is 4.57 Å². The maximum Gasteiger partial charge on any atom is 0.182 e. The second-order valence-corrected chi connectivity index (χ2v) is 4.78. The molecule has 0 saturated carbocycles. The first-order valence-electron chi connectivity index (χ1n) is 6.10. The van der Waals surface area contributed by atoms with Gasteiger partial charge >= 0.3 is 0 Å². The van der Waals surface area contributed by atoms with Crippen LogP contribution in [0.5, 0.6) is 0 Å². The van der Waals surface area contributed by atoms with Gasteiger partial charge in [0.2, 0.25) is 0 Å². The van der Waals surface area contributed by atoms with E-state index in [2.05, 4.69) is 54.8 Å². The van der Waals surface area contributed by atoms with E-state index in [0.29, 0.717) is 0 Å². The second kappa shape index (κ2) is 3.98. The molecule has 0 amide bonds. The fourth-order valence-electron chi connectivity index (χ4n) is 2.60. The van der Waals surface area contributed by atoms with Gasteiger partial charge in [0.05, 0.1) is 16.7 Å². The summed E-state index contributed by atoms with van der Waals surface area (Å²) in [5, 5.41) is 0. The van der Waals surface area contributed by atoms with Gasteiger partial charge in [-0.05, 0) is 44.0 Å². The molecule has 1 heterocycles. The van der Waals surface area contributed by atoms with Gasteiger partial charge in [0, 0.05) is 0 Å². The number of hydrogen-bond acceptors (Lipinski definition) is 1. The van der Waals surface area contributed by atoms with Crippen LogP contribution in [0.4, 0.5) is 0 Å². The highest BCUT2D eigenvalue weighted by Gasteiger charge is 2.10. The van der Waals surface area contributed by atoms with Crippen molar-refractivity contribution in [2.45, 2.75) is 20.8 Å². The van der Waals surface area contributed by atoms with E-state index in [0.717, 1.165) is 11.0 Å². The molecule has 0 spiro atoms. The van der Waals surface area contributed by atoms with Crippen molar-refractivity contribution in [3.63, 3.8) is 0 Å². The molecule has 2 aromatic carbocycles. The second-order valence-electron chi connectivity index (χ2n) is 4.78. The molecule has 2 nitrogen and oxygen atoms in total. The van der Waals surface area contributed by atoms with E-state index in [-0.39, 0.29) is 0 Å². The molecular formula is C16H15N2. The minimum absolute atomic E-state index is 0.983. The zero-order chi connectivity index (χ0) is 12.7. The van der Waals surface area contributed by atoms with E-state index >= 15 is 0 Å². The lowest BCUT2D eigenvalue weighted by Crippen LogP contribution is -1.99. The molecule has 0 atom stereocenters. The number of rotatable bonds is 1. The summed E-state index contributed by atoms with van der Waals surface area (Å²) in [6.07, 6.45) is 3.10. The third-order valence-corrected chi connectivity index (χ3v) is 3.25. The first-order valence-corrected chi connectivity index (χ1v) is 6.10. The van der Waals surface area contributed by atoms with Crippen LogP contribution in [0.25, 0.3) is 16.7 Å². The first-order chi connectivity index (χ1) is 8.66. The van der Waals surface area contributed by atoms with Gasteiger partial charge in [-0.25, -0.2) is 4.98 Å². The Morgan fingerprint density at radius 2 is 1.67 bits per heavy atom. The molecular weight excluding hydrogens is 220 g/mol. The van der Waals surface area contributed by atoms with Gasteiger partial charge in [-0.15, -0.1) is 0 Å². The van der Waals surface area contributed by atoms with Crippen LogP contribution in [-0.2, 0) is 0 Å². The average Bonchev–Trinajstić information content (AvgIpc) is 2.72. The predicted molar refractivity (Wildman–Crippen MR) is 74.1 cm³/mol. The molecule has 3 aromatic rings. The van der Waals surface area contributed by atoms with Crippen molar-refractivity contribution in [1.29, 1.82) is 0 Å². The van der Waals surface area contributed by atoms with E-state index in [1.165, 1.54) is 22.4 Å². The molecule has 0 N–H and O–H groups in total. The van der Waals surface area contributed by atoms with Crippen LogP contribution in [0.1, 0.15) is 16.7 Å². The zero-order valence-corrected chi connectivity index (χ0v) is 10.9. The smallest absolute Gasteiger partial charge is 0.182 e. The summed E-state index contributed by atoms with van der Waals surface area (Å²) in [7, 11) is 0. The Hall–Kier alpha value is -2.09. The van der Waals surface area contributed by atoms with Crippen molar-refractivity contribution in [1.82, 2.24) is 9.55 Å². The molecule has 18 heavy (non-hydrogen) atoms. The summed E-state index contributed by atoms with van der Waals surface area (Å²) in [6.45, 7) is 6.40. The first kappa shape index (κ1) is 11.0. The van der Waals surface area contributed by atoms with Gasteiger partial charge in [-0.1, -0.05) is 29.8 Å². The Balaban J connectivity index is 2.33. The highest BCUT2D eigenvalue weighted by Crippen LogP contribution is 2.24. The fraction of sp³-hybridized carbons (Fsp3) is 0.188. The van der Waals surface area contributed by atoms with Crippen LogP contribution < -0.4 is 0 Å². The third kappa shape index (κ3) is 1.61. The maximum absolute atomic E-state index is 4.34. The highest BCUT2D eigenvalue weighted by atomic mass is 15.1. The van der Waals surface area contributed by atoms with Crippen molar-refractivity contribution in [2.75, 3.05) is 0 Å². The van der Waals surface area contributed by atoms with E-state index in [1.54, 1.807) is 0 Å². The Kier molecular flexibility index (Phi) is 2.44. The Bertz CT molecular complexity index is 700. The van der Waals surface area contributed by atoms with Crippen LogP contribution in [0, 0.1) is 27.1 Å². The standard InChI is InChI=1S/C16H15N2/c1-11-8-12(2)16(13(3)9-11)18-10-17-14-6-4-5-7-15(14)18/h4-9H,1-3H3. The van der Waals surface area contributed by atoms with E-state index in [9.17, 15) is 0 Å². The van der Waals surface area contributed by atoms with Crippen LogP contribution in [0.3, 0.4) is 0 Å². The molecule has 0 aliphatic heterocycles. The summed E-state index contributed by atoms with van der Waals surface area (Å²) in [4.78, 5) is 4.34. The third-order valence-electron chi connectivity index (χ3n) is 3.25. The van der Waals surface area contributed by atoms with E-state index in [4.69, 9.17) is 0 Å². The monoisotopic (exact) mass is 235 g/mol. The summed E-state index contributed by atoms with van der Waals surface area (Å²) >= 11 is 0. The molecule has 89 valence electrons. The van der Waals surface area contributed by atoms with Gasteiger partial charge in [-0.2, -0.15) is 0 Å². The molecule has 1 radical (unpaired) electrons. The molecule has 0 fully saturated rings. The Labute approximate surface area is 107 Å².